The zero-order chi connectivity index (χ0) is 18.5. The molecule has 1 N–H and O–H groups in total. The van der Waals surface area contributed by atoms with E-state index >= 15 is 0 Å². The van der Waals surface area contributed by atoms with E-state index in [4.69, 9.17) is 0 Å². The van der Waals surface area contributed by atoms with Gasteiger partial charge in [0, 0.05) is 35.2 Å². The summed E-state index contributed by atoms with van der Waals surface area (Å²) in [7, 11) is -2.36. The summed E-state index contributed by atoms with van der Waals surface area (Å²) in [5, 5.41) is 0. The van der Waals surface area contributed by atoms with Crippen LogP contribution in [0.15, 0.2) is 12.1 Å². The standard InChI is InChI=1S/C12H11F5IN3O2S/c1-21(24(2,22)23)5-9-19-8-4-6(12(16,17)18)3-7(10(8)20-9)11(13,14)15/h3-4H,5H2,1-2H3,(H,19,20). The number of nitrogens with zero attached hydrogens (tertiary/aromatic N) is 2. The summed E-state index contributed by atoms with van der Waals surface area (Å²) >= 11 is 0.735. The van der Waals surface area contributed by atoms with Crippen LogP contribution in [-0.2, 0) is 26.7 Å². The van der Waals surface area contributed by atoms with Crippen LogP contribution in [-0.4, -0.2) is 36.0 Å². The fourth-order valence-corrected chi connectivity index (χ4v) is 2.62. The van der Waals surface area contributed by atoms with Gasteiger partial charge < -0.3 is 4.98 Å². The van der Waals surface area contributed by atoms with Crippen molar-refractivity contribution in [3.8, 4) is 0 Å². The van der Waals surface area contributed by atoms with Gasteiger partial charge in [0.15, 0.2) is 0 Å². The molecule has 0 aliphatic heterocycles. The van der Waals surface area contributed by atoms with Crippen LogP contribution in [0.1, 0.15) is 17.0 Å². The number of fused-ring (bicyclic) bond motifs is 1. The van der Waals surface area contributed by atoms with E-state index in [-0.39, 0.29) is 17.9 Å². The summed E-state index contributed by atoms with van der Waals surface area (Å²) in [6.07, 6.45) is -3.96. The molecule has 0 saturated carbocycles. The third kappa shape index (κ3) is 4.14. The molecule has 0 unspecified atom stereocenters. The second-order valence-corrected chi connectivity index (χ2v) is 8.56. The number of benzene rings is 1. The minimum atomic E-state index is -4.88. The maximum Gasteiger partial charge on any atom is 0.418 e. The van der Waals surface area contributed by atoms with Gasteiger partial charge in [0.2, 0.25) is 10.0 Å². The van der Waals surface area contributed by atoms with Gasteiger partial charge in [0.1, 0.15) is 11.3 Å². The van der Waals surface area contributed by atoms with Crippen molar-refractivity contribution in [2.45, 2.75) is 16.7 Å². The van der Waals surface area contributed by atoms with Crippen LogP contribution < -0.4 is 0 Å². The smallest absolute Gasteiger partial charge is 0.341 e. The van der Waals surface area contributed by atoms with Crippen molar-refractivity contribution < 1.29 is 30.4 Å². The highest BCUT2D eigenvalue weighted by atomic mass is 127. The lowest BCUT2D eigenvalue weighted by Gasteiger charge is -2.13. The molecule has 5 nitrogen and oxygen atoms in total. The summed E-state index contributed by atoms with van der Waals surface area (Å²) < 4.78 is 86.4. The molecule has 0 amide bonds. The third-order valence-corrected chi connectivity index (χ3v) is 5.09. The van der Waals surface area contributed by atoms with Gasteiger partial charge in [-0.1, -0.05) is 0 Å². The average Bonchev–Trinajstić information content (AvgIpc) is 2.75. The van der Waals surface area contributed by atoms with Crippen molar-refractivity contribution >= 4 is 43.6 Å². The summed E-state index contributed by atoms with van der Waals surface area (Å²) in [4.78, 5) is 6.20. The lowest BCUT2D eigenvalue weighted by atomic mass is 10.1. The van der Waals surface area contributed by atoms with Crippen LogP contribution in [0.5, 0.6) is 0 Å². The quantitative estimate of drug-likeness (QED) is 0.412. The van der Waals surface area contributed by atoms with Gasteiger partial charge in [-0.2, -0.15) is 26.3 Å². The number of sulfonamides is 1. The topological polar surface area (TPSA) is 66.1 Å². The Hall–Kier alpha value is -1.02. The number of imidazole rings is 1. The molecular formula is C12H11F5IN3O2S. The minimum Gasteiger partial charge on any atom is -0.341 e. The molecule has 0 spiro atoms. The highest BCUT2D eigenvalue weighted by molar-refractivity contribution is 14.1. The highest BCUT2D eigenvalue weighted by Gasteiger charge is 2.38. The molecule has 0 fully saturated rings. The Morgan fingerprint density at radius 2 is 1.83 bits per heavy atom. The SMILES string of the molecule is CN(Cc1nc2c(C(F)(F)F)cc(C(F)(F)I)cc2[nH]1)S(C)(=O)=O. The lowest BCUT2D eigenvalue weighted by molar-refractivity contribution is -0.136. The monoisotopic (exact) mass is 483 g/mol. The van der Waals surface area contributed by atoms with Gasteiger partial charge in [-0.05, 0) is 12.1 Å². The molecule has 0 radical (unpaired) electrons. The second kappa shape index (κ2) is 6.05. The van der Waals surface area contributed by atoms with E-state index in [0.717, 1.165) is 39.2 Å². The van der Waals surface area contributed by atoms with E-state index < -0.39 is 36.8 Å². The van der Waals surface area contributed by atoms with Gasteiger partial charge in [0.25, 0.3) is 0 Å². The third-order valence-electron chi connectivity index (χ3n) is 3.21. The fourth-order valence-electron chi connectivity index (χ4n) is 1.95. The van der Waals surface area contributed by atoms with E-state index in [1.54, 1.807) is 0 Å². The van der Waals surface area contributed by atoms with Crippen molar-refractivity contribution in [1.29, 1.82) is 0 Å². The zero-order valence-electron chi connectivity index (χ0n) is 12.2. The average molecular weight is 483 g/mol. The normalized spacial score (nSPS) is 13.9. The van der Waals surface area contributed by atoms with Gasteiger partial charge in [0.05, 0.1) is 23.9 Å². The van der Waals surface area contributed by atoms with Crippen LogP contribution in [0.2, 0.25) is 0 Å². The first-order chi connectivity index (χ1) is 10.7. The van der Waals surface area contributed by atoms with Crippen LogP contribution in [0.3, 0.4) is 0 Å². The Morgan fingerprint density at radius 1 is 1.25 bits per heavy atom. The maximum absolute atomic E-state index is 13.4. The van der Waals surface area contributed by atoms with Crippen molar-refractivity contribution in [3.05, 3.63) is 29.1 Å². The minimum absolute atomic E-state index is 0.0858. The molecule has 0 bridgehead atoms. The Balaban J connectivity index is 2.62. The van der Waals surface area contributed by atoms with E-state index in [1.807, 2.05) is 0 Å². The predicted octanol–water partition coefficient (Wildman–Crippen LogP) is 3.46. The van der Waals surface area contributed by atoms with Crippen molar-refractivity contribution in [2.24, 2.45) is 0 Å². The first-order valence-electron chi connectivity index (χ1n) is 6.28. The zero-order valence-corrected chi connectivity index (χ0v) is 15.2. The van der Waals surface area contributed by atoms with Gasteiger partial charge in [-0.15, -0.1) is 0 Å². The van der Waals surface area contributed by atoms with Crippen LogP contribution in [0.4, 0.5) is 22.0 Å². The summed E-state index contributed by atoms with van der Waals surface area (Å²) in [6, 6.07) is 1.22. The van der Waals surface area contributed by atoms with Crippen molar-refractivity contribution in [1.82, 2.24) is 14.3 Å². The molecule has 0 aliphatic carbocycles. The molecule has 1 heterocycles. The predicted molar refractivity (Wildman–Crippen MR) is 85.3 cm³/mol. The summed E-state index contributed by atoms with van der Waals surface area (Å²) in [6.45, 7) is -0.319. The summed E-state index contributed by atoms with van der Waals surface area (Å²) in [5.74, 6) is -0.0858. The van der Waals surface area contributed by atoms with Gasteiger partial charge in [-0.25, -0.2) is 13.4 Å². The highest BCUT2D eigenvalue weighted by Crippen LogP contribution is 2.41. The number of H-pyrrole nitrogens is 1. The Morgan fingerprint density at radius 3 is 2.29 bits per heavy atom. The first kappa shape index (κ1) is 19.3. The molecule has 0 aliphatic rings. The Labute approximate surface area is 147 Å². The van der Waals surface area contributed by atoms with E-state index in [9.17, 15) is 30.4 Å². The number of aromatic nitrogens is 2. The molecule has 134 valence electrons. The number of rotatable bonds is 4. The van der Waals surface area contributed by atoms with Crippen molar-refractivity contribution in [2.75, 3.05) is 13.3 Å². The van der Waals surface area contributed by atoms with Crippen LogP contribution in [0, 0.1) is 0 Å². The van der Waals surface area contributed by atoms with Gasteiger partial charge >= 0.3 is 10.1 Å². The maximum atomic E-state index is 13.4. The number of halogens is 6. The number of alkyl halides is 6. The van der Waals surface area contributed by atoms with Gasteiger partial charge in [-0.3, -0.25) is 0 Å². The molecule has 1 aromatic carbocycles. The Kier molecular flexibility index (Phi) is 4.87. The van der Waals surface area contributed by atoms with E-state index in [2.05, 4.69) is 9.97 Å². The molecule has 2 rings (SSSR count). The second-order valence-electron chi connectivity index (χ2n) is 5.12. The largest absolute Gasteiger partial charge is 0.418 e. The molecule has 0 saturated heterocycles. The number of aromatic amines is 1. The van der Waals surface area contributed by atoms with Crippen LogP contribution >= 0.6 is 22.6 Å². The number of hydrogen-bond donors (Lipinski definition) is 1. The van der Waals surface area contributed by atoms with E-state index in [0.29, 0.717) is 6.07 Å². The summed E-state index contributed by atoms with van der Waals surface area (Å²) in [5.41, 5.74) is -2.91. The molecule has 0 atom stereocenters. The molecule has 12 heteroatoms. The molecular weight excluding hydrogens is 472 g/mol. The molecule has 1 aromatic heterocycles. The Bertz CT molecular complexity index is 873. The molecule has 24 heavy (non-hydrogen) atoms. The molecule has 2 aromatic rings. The van der Waals surface area contributed by atoms with E-state index in [1.165, 1.54) is 7.05 Å². The first-order valence-corrected chi connectivity index (χ1v) is 9.20. The fraction of sp³-hybridized carbons (Fsp3) is 0.417. The van der Waals surface area contributed by atoms with Crippen molar-refractivity contribution in [3.63, 3.8) is 0 Å². The van der Waals surface area contributed by atoms with Crippen LogP contribution in [0.25, 0.3) is 11.0 Å². The number of hydrogen-bond acceptors (Lipinski definition) is 3. The lowest BCUT2D eigenvalue weighted by Crippen LogP contribution is -2.25. The number of nitrogens with one attached hydrogen (secondary N) is 1.